The van der Waals surface area contributed by atoms with Crippen LogP contribution in [0.25, 0.3) is 0 Å². The predicted molar refractivity (Wildman–Crippen MR) is 47.7 cm³/mol. The van der Waals surface area contributed by atoms with Crippen LogP contribution in [0.4, 0.5) is 0 Å². The third kappa shape index (κ3) is 1.13. The van der Waals surface area contributed by atoms with Gasteiger partial charge in [-0.3, -0.25) is 4.79 Å². The Bertz CT molecular complexity index is 202. The lowest BCUT2D eigenvalue weighted by molar-refractivity contribution is -0.138. The quantitative estimate of drug-likeness (QED) is 0.537. The first-order valence-electron chi connectivity index (χ1n) is 4.95. The highest BCUT2D eigenvalue weighted by molar-refractivity contribution is 5.73. The Kier molecular flexibility index (Phi) is 1.85. The molecule has 68 valence electrons. The van der Waals surface area contributed by atoms with Crippen LogP contribution in [-0.4, -0.2) is 23.4 Å². The minimum atomic E-state index is 0.275. The molecule has 0 N–H and O–H groups in total. The lowest BCUT2D eigenvalue weighted by atomic mass is 9.73. The molecule has 2 bridgehead atoms. The molecule has 1 aliphatic carbocycles. The van der Waals surface area contributed by atoms with Crippen molar-refractivity contribution < 1.29 is 4.79 Å². The molecule has 12 heavy (non-hydrogen) atoms. The largest absolute Gasteiger partial charge is 0.340 e. The highest BCUT2D eigenvalue weighted by Crippen LogP contribution is 2.38. The number of fused-ring (bicyclic) bond motifs is 3. The first-order chi connectivity index (χ1) is 5.68. The first-order valence-corrected chi connectivity index (χ1v) is 4.95. The molecule has 3 rings (SSSR count). The Hall–Kier alpha value is -0.530. The van der Waals surface area contributed by atoms with E-state index in [9.17, 15) is 4.79 Å². The summed E-state index contributed by atoms with van der Waals surface area (Å²) in [5, 5.41) is 0. The average Bonchev–Trinajstić information content (AvgIpc) is 2.04. The lowest BCUT2D eigenvalue weighted by Gasteiger charge is -2.48. The topological polar surface area (TPSA) is 20.3 Å². The van der Waals surface area contributed by atoms with E-state index in [1.807, 2.05) is 0 Å². The summed E-state index contributed by atoms with van der Waals surface area (Å²) >= 11 is 0. The van der Waals surface area contributed by atoms with Crippen LogP contribution in [0.2, 0.25) is 0 Å². The SMILES string of the molecule is CC(=O)N1CC2CCC1CC2C. The zero-order valence-corrected chi connectivity index (χ0v) is 7.92. The Morgan fingerprint density at radius 2 is 2.17 bits per heavy atom. The maximum absolute atomic E-state index is 11.2. The molecule has 2 nitrogen and oxygen atoms in total. The molecule has 2 aliphatic heterocycles. The summed E-state index contributed by atoms with van der Waals surface area (Å²) in [5.74, 6) is 1.91. The molecular formula is C10H17NO. The molecule has 2 saturated heterocycles. The molecule has 3 unspecified atom stereocenters. The first kappa shape index (κ1) is 8.09. The molecular weight excluding hydrogens is 150 g/mol. The van der Waals surface area contributed by atoms with E-state index in [0.717, 1.165) is 18.4 Å². The van der Waals surface area contributed by atoms with Crippen molar-refractivity contribution in [2.24, 2.45) is 11.8 Å². The smallest absolute Gasteiger partial charge is 0.219 e. The van der Waals surface area contributed by atoms with Gasteiger partial charge in [0, 0.05) is 19.5 Å². The zero-order valence-electron chi connectivity index (χ0n) is 7.92. The van der Waals surface area contributed by atoms with Gasteiger partial charge in [0.15, 0.2) is 0 Å². The van der Waals surface area contributed by atoms with Crippen molar-refractivity contribution in [1.29, 1.82) is 0 Å². The van der Waals surface area contributed by atoms with Crippen molar-refractivity contribution in [1.82, 2.24) is 4.90 Å². The van der Waals surface area contributed by atoms with Crippen molar-refractivity contribution in [2.45, 2.75) is 39.2 Å². The van der Waals surface area contributed by atoms with Crippen LogP contribution in [0.3, 0.4) is 0 Å². The summed E-state index contributed by atoms with van der Waals surface area (Å²) in [5.41, 5.74) is 0. The van der Waals surface area contributed by atoms with E-state index in [1.165, 1.54) is 19.3 Å². The van der Waals surface area contributed by atoms with Gasteiger partial charge in [0.25, 0.3) is 0 Å². The van der Waals surface area contributed by atoms with Gasteiger partial charge < -0.3 is 4.90 Å². The number of rotatable bonds is 0. The standard InChI is InChI=1S/C10H17NO/c1-7-5-10-4-3-9(7)6-11(10)8(2)12/h7,9-10H,3-6H2,1-2H3. The van der Waals surface area contributed by atoms with Gasteiger partial charge in [-0.15, -0.1) is 0 Å². The summed E-state index contributed by atoms with van der Waals surface area (Å²) in [4.78, 5) is 13.3. The third-order valence-electron chi connectivity index (χ3n) is 3.60. The molecule has 0 aromatic carbocycles. The van der Waals surface area contributed by atoms with Crippen molar-refractivity contribution in [3.05, 3.63) is 0 Å². The number of carbonyl (C=O) groups excluding carboxylic acids is 1. The number of hydrogen-bond acceptors (Lipinski definition) is 1. The van der Waals surface area contributed by atoms with Crippen molar-refractivity contribution in [3.8, 4) is 0 Å². The van der Waals surface area contributed by atoms with E-state index in [-0.39, 0.29) is 5.91 Å². The van der Waals surface area contributed by atoms with Crippen LogP contribution in [0, 0.1) is 11.8 Å². The van der Waals surface area contributed by atoms with E-state index in [4.69, 9.17) is 0 Å². The summed E-state index contributed by atoms with van der Waals surface area (Å²) in [7, 11) is 0. The fourth-order valence-electron chi connectivity index (χ4n) is 2.77. The third-order valence-corrected chi connectivity index (χ3v) is 3.60. The Balaban J connectivity index is 2.10. The van der Waals surface area contributed by atoms with Crippen LogP contribution >= 0.6 is 0 Å². The van der Waals surface area contributed by atoms with Gasteiger partial charge >= 0.3 is 0 Å². The lowest BCUT2D eigenvalue weighted by Crippen LogP contribution is -2.53. The van der Waals surface area contributed by atoms with Gasteiger partial charge in [-0.2, -0.15) is 0 Å². The van der Waals surface area contributed by atoms with Crippen LogP contribution in [0.1, 0.15) is 33.1 Å². The van der Waals surface area contributed by atoms with Gasteiger partial charge in [-0.25, -0.2) is 0 Å². The molecule has 0 aromatic heterocycles. The van der Waals surface area contributed by atoms with Crippen LogP contribution in [0.5, 0.6) is 0 Å². The van der Waals surface area contributed by atoms with Crippen molar-refractivity contribution in [2.75, 3.05) is 6.54 Å². The van der Waals surface area contributed by atoms with Gasteiger partial charge in [-0.1, -0.05) is 6.92 Å². The molecule has 2 heteroatoms. The van der Waals surface area contributed by atoms with E-state index in [1.54, 1.807) is 6.92 Å². The maximum Gasteiger partial charge on any atom is 0.219 e. The van der Waals surface area contributed by atoms with E-state index < -0.39 is 0 Å². The minimum Gasteiger partial charge on any atom is -0.340 e. The monoisotopic (exact) mass is 167 g/mol. The molecule has 0 radical (unpaired) electrons. The van der Waals surface area contributed by atoms with Crippen LogP contribution < -0.4 is 0 Å². The van der Waals surface area contributed by atoms with Crippen molar-refractivity contribution >= 4 is 5.91 Å². The second-order valence-electron chi connectivity index (χ2n) is 4.38. The van der Waals surface area contributed by atoms with Crippen molar-refractivity contribution in [3.63, 3.8) is 0 Å². The maximum atomic E-state index is 11.2. The molecule has 3 fully saturated rings. The Morgan fingerprint density at radius 1 is 1.42 bits per heavy atom. The van der Waals surface area contributed by atoms with Gasteiger partial charge in [-0.05, 0) is 31.1 Å². The van der Waals surface area contributed by atoms with E-state index in [2.05, 4.69) is 11.8 Å². The zero-order chi connectivity index (χ0) is 8.72. The van der Waals surface area contributed by atoms with Crippen LogP contribution in [0.15, 0.2) is 0 Å². The average molecular weight is 167 g/mol. The van der Waals surface area contributed by atoms with E-state index >= 15 is 0 Å². The summed E-state index contributed by atoms with van der Waals surface area (Å²) in [6.45, 7) is 5.06. The molecule has 3 aliphatic rings. The molecule has 1 saturated carbocycles. The van der Waals surface area contributed by atoms with Crippen LogP contribution in [-0.2, 0) is 4.79 Å². The van der Waals surface area contributed by atoms with Gasteiger partial charge in [0.1, 0.15) is 0 Å². The normalized spacial score (nSPS) is 40.2. The predicted octanol–water partition coefficient (Wildman–Crippen LogP) is 1.65. The second-order valence-corrected chi connectivity index (χ2v) is 4.38. The van der Waals surface area contributed by atoms with Gasteiger partial charge in [0.05, 0.1) is 0 Å². The highest BCUT2D eigenvalue weighted by atomic mass is 16.2. The fraction of sp³-hybridized carbons (Fsp3) is 0.900. The van der Waals surface area contributed by atoms with E-state index in [0.29, 0.717) is 6.04 Å². The number of carbonyl (C=O) groups is 1. The summed E-state index contributed by atoms with van der Waals surface area (Å²) in [6.07, 6.45) is 3.83. The number of amides is 1. The fourth-order valence-corrected chi connectivity index (χ4v) is 2.77. The molecule has 2 heterocycles. The molecule has 0 aromatic rings. The molecule has 3 atom stereocenters. The Morgan fingerprint density at radius 3 is 2.58 bits per heavy atom. The minimum absolute atomic E-state index is 0.275. The molecule has 1 amide bonds. The number of hydrogen-bond donors (Lipinski definition) is 0. The highest BCUT2D eigenvalue weighted by Gasteiger charge is 2.38. The number of piperidine rings is 2. The second kappa shape index (κ2) is 2.75. The summed E-state index contributed by atoms with van der Waals surface area (Å²) < 4.78 is 0. The number of nitrogens with zero attached hydrogens (tertiary/aromatic N) is 1. The summed E-state index contributed by atoms with van der Waals surface area (Å²) in [6, 6.07) is 0.572. The van der Waals surface area contributed by atoms with Gasteiger partial charge in [0.2, 0.25) is 5.91 Å². The molecule has 0 spiro atoms. The Labute approximate surface area is 73.9 Å².